The molecule has 1 heterocycles. The first kappa shape index (κ1) is 13.3. The maximum atomic E-state index is 11.7. The third kappa shape index (κ3) is 3.93. The molecular weight excluding hydrogens is 218 g/mol. The first-order valence-corrected chi connectivity index (χ1v) is 5.68. The van der Waals surface area contributed by atoms with Crippen molar-refractivity contribution in [2.75, 3.05) is 13.2 Å². The van der Waals surface area contributed by atoms with Crippen molar-refractivity contribution in [3.05, 3.63) is 23.5 Å². The Morgan fingerprint density at radius 2 is 2.47 bits per heavy atom. The number of aliphatic hydroxyl groups is 1. The van der Waals surface area contributed by atoms with Gasteiger partial charge in [-0.05, 0) is 18.4 Å². The number of amides is 1. The third-order valence-electron chi connectivity index (χ3n) is 2.73. The highest BCUT2D eigenvalue weighted by Crippen LogP contribution is 2.07. The number of nitriles is 1. The molecule has 0 aliphatic carbocycles. The van der Waals surface area contributed by atoms with E-state index in [1.54, 1.807) is 0 Å². The summed E-state index contributed by atoms with van der Waals surface area (Å²) < 4.78 is 0. The number of nitrogens with one attached hydrogen (secondary N) is 2. The summed E-state index contributed by atoms with van der Waals surface area (Å²) in [4.78, 5) is 14.4. The molecule has 0 bridgehead atoms. The fourth-order valence-corrected chi connectivity index (χ4v) is 1.56. The van der Waals surface area contributed by atoms with E-state index in [9.17, 15) is 4.79 Å². The van der Waals surface area contributed by atoms with Gasteiger partial charge in [0.2, 0.25) is 0 Å². The molecule has 1 amide bonds. The van der Waals surface area contributed by atoms with E-state index in [-0.39, 0.29) is 12.5 Å². The van der Waals surface area contributed by atoms with Crippen LogP contribution in [-0.4, -0.2) is 29.1 Å². The van der Waals surface area contributed by atoms with Gasteiger partial charge in [0.15, 0.2) is 0 Å². The van der Waals surface area contributed by atoms with Crippen LogP contribution >= 0.6 is 0 Å². The van der Waals surface area contributed by atoms with E-state index < -0.39 is 0 Å². The summed E-state index contributed by atoms with van der Waals surface area (Å²) >= 11 is 0. The van der Waals surface area contributed by atoms with Crippen molar-refractivity contribution in [3.8, 4) is 6.07 Å². The summed E-state index contributed by atoms with van der Waals surface area (Å²) in [6.07, 6.45) is 3.12. The van der Waals surface area contributed by atoms with Gasteiger partial charge in [-0.3, -0.25) is 4.79 Å². The van der Waals surface area contributed by atoms with E-state index in [4.69, 9.17) is 10.4 Å². The zero-order valence-corrected chi connectivity index (χ0v) is 9.86. The Balaban J connectivity index is 2.46. The predicted molar refractivity (Wildman–Crippen MR) is 63.3 cm³/mol. The lowest BCUT2D eigenvalue weighted by atomic mass is 10.0. The van der Waals surface area contributed by atoms with Gasteiger partial charge < -0.3 is 15.4 Å². The van der Waals surface area contributed by atoms with Crippen molar-refractivity contribution in [1.82, 2.24) is 10.3 Å². The molecule has 1 aromatic rings. The van der Waals surface area contributed by atoms with Gasteiger partial charge in [-0.2, -0.15) is 5.26 Å². The molecule has 0 spiro atoms. The second-order valence-electron chi connectivity index (χ2n) is 3.91. The van der Waals surface area contributed by atoms with Gasteiger partial charge >= 0.3 is 0 Å². The number of aliphatic hydroxyl groups excluding tert-OH is 1. The van der Waals surface area contributed by atoms with E-state index in [0.29, 0.717) is 30.1 Å². The lowest BCUT2D eigenvalue weighted by Crippen LogP contribution is -2.29. The molecule has 92 valence electrons. The molecule has 17 heavy (non-hydrogen) atoms. The fraction of sp³-hybridized carbons (Fsp3) is 0.500. The standard InChI is InChI=1S/C12H17N3O2/c1-2-9(3-4-16)7-15-12(17)10-5-11(6-13)14-8-10/h5,8-9,14,16H,2-4,7H2,1H3,(H,15,17). The van der Waals surface area contributed by atoms with Gasteiger partial charge in [-0.1, -0.05) is 13.3 Å². The minimum Gasteiger partial charge on any atom is -0.396 e. The van der Waals surface area contributed by atoms with Crippen LogP contribution in [0.25, 0.3) is 0 Å². The van der Waals surface area contributed by atoms with E-state index in [2.05, 4.69) is 10.3 Å². The molecule has 0 fully saturated rings. The van der Waals surface area contributed by atoms with Crippen LogP contribution in [0.3, 0.4) is 0 Å². The van der Waals surface area contributed by atoms with Crippen LogP contribution in [0.4, 0.5) is 0 Å². The van der Waals surface area contributed by atoms with Gasteiger partial charge in [0, 0.05) is 19.3 Å². The molecule has 5 nitrogen and oxygen atoms in total. The number of rotatable bonds is 6. The highest BCUT2D eigenvalue weighted by Gasteiger charge is 2.11. The lowest BCUT2D eigenvalue weighted by molar-refractivity contribution is 0.0943. The zero-order valence-electron chi connectivity index (χ0n) is 9.86. The number of aromatic amines is 1. The van der Waals surface area contributed by atoms with Crippen molar-refractivity contribution in [2.45, 2.75) is 19.8 Å². The molecule has 1 atom stereocenters. The first-order valence-electron chi connectivity index (χ1n) is 5.68. The van der Waals surface area contributed by atoms with Gasteiger partial charge in [-0.15, -0.1) is 0 Å². The fourth-order valence-electron chi connectivity index (χ4n) is 1.56. The predicted octanol–water partition coefficient (Wildman–Crippen LogP) is 1.02. The smallest absolute Gasteiger partial charge is 0.252 e. The van der Waals surface area contributed by atoms with Crippen LogP contribution in [0, 0.1) is 17.2 Å². The number of H-pyrrole nitrogens is 1. The molecule has 1 rings (SSSR count). The molecule has 0 saturated heterocycles. The van der Waals surface area contributed by atoms with E-state index >= 15 is 0 Å². The van der Waals surface area contributed by atoms with Crippen LogP contribution in [0.1, 0.15) is 35.8 Å². The Hall–Kier alpha value is -1.80. The van der Waals surface area contributed by atoms with E-state index in [1.807, 2.05) is 13.0 Å². The summed E-state index contributed by atoms with van der Waals surface area (Å²) in [7, 11) is 0. The van der Waals surface area contributed by atoms with Gasteiger partial charge in [0.25, 0.3) is 5.91 Å². The van der Waals surface area contributed by atoms with Crippen LogP contribution in [0.5, 0.6) is 0 Å². The molecule has 0 radical (unpaired) electrons. The first-order chi connectivity index (χ1) is 8.21. The minimum atomic E-state index is -0.195. The Labute approximate surface area is 100 Å². The number of nitrogens with zero attached hydrogens (tertiary/aromatic N) is 1. The monoisotopic (exact) mass is 235 g/mol. The van der Waals surface area contributed by atoms with Crippen LogP contribution in [-0.2, 0) is 0 Å². The van der Waals surface area contributed by atoms with E-state index in [0.717, 1.165) is 6.42 Å². The molecule has 3 N–H and O–H groups in total. The van der Waals surface area contributed by atoms with Crippen LogP contribution in [0.2, 0.25) is 0 Å². The van der Waals surface area contributed by atoms with E-state index in [1.165, 1.54) is 12.3 Å². The molecule has 0 aromatic carbocycles. The molecule has 5 heteroatoms. The summed E-state index contributed by atoms with van der Waals surface area (Å²) in [6.45, 7) is 2.70. The third-order valence-corrected chi connectivity index (χ3v) is 2.73. The lowest BCUT2D eigenvalue weighted by Gasteiger charge is -2.13. The number of aromatic nitrogens is 1. The Morgan fingerprint density at radius 1 is 1.71 bits per heavy atom. The number of carbonyl (C=O) groups is 1. The molecule has 0 aliphatic heterocycles. The molecule has 1 unspecified atom stereocenters. The summed E-state index contributed by atoms with van der Waals surface area (Å²) in [5.74, 6) is 0.0949. The maximum absolute atomic E-state index is 11.7. The summed E-state index contributed by atoms with van der Waals surface area (Å²) in [5, 5.41) is 20.2. The number of carbonyl (C=O) groups excluding carboxylic acids is 1. The average Bonchev–Trinajstić information content (AvgIpc) is 2.82. The second kappa shape index (κ2) is 6.71. The SMILES string of the molecule is CCC(CCO)CNC(=O)c1c[nH]c(C#N)c1. The van der Waals surface area contributed by atoms with Gasteiger partial charge in [-0.25, -0.2) is 0 Å². The number of hydrogen-bond donors (Lipinski definition) is 3. The normalized spacial score (nSPS) is 11.8. The minimum absolute atomic E-state index is 0.136. The van der Waals surface area contributed by atoms with Crippen molar-refractivity contribution < 1.29 is 9.90 Å². The largest absolute Gasteiger partial charge is 0.396 e. The second-order valence-corrected chi connectivity index (χ2v) is 3.91. The van der Waals surface area contributed by atoms with Crippen LogP contribution < -0.4 is 5.32 Å². The van der Waals surface area contributed by atoms with Crippen molar-refractivity contribution >= 4 is 5.91 Å². The van der Waals surface area contributed by atoms with Gasteiger partial charge in [0.05, 0.1) is 5.56 Å². The quantitative estimate of drug-likeness (QED) is 0.687. The average molecular weight is 235 g/mol. The number of hydrogen-bond acceptors (Lipinski definition) is 3. The van der Waals surface area contributed by atoms with Crippen LogP contribution in [0.15, 0.2) is 12.3 Å². The van der Waals surface area contributed by atoms with Crippen molar-refractivity contribution in [1.29, 1.82) is 5.26 Å². The zero-order chi connectivity index (χ0) is 12.7. The molecule has 0 saturated carbocycles. The topological polar surface area (TPSA) is 88.9 Å². The molecule has 0 aliphatic rings. The maximum Gasteiger partial charge on any atom is 0.252 e. The molecular formula is C12H17N3O2. The Kier molecular flexibility index (Phi) is 5.24. The highest BCUT2D eigenvalue weighted by atomic mass is 16.3. The van der Waals surface area contributed by atoms with Crippen molar-refractivity contribution in [3.63, 3.8) is 0 Å². The Bertz CT molecular complexity index is 406. The van der Waals surface area contributed by atoms with Gasteiger partial charge in [0.1, 0.15) is 11.8 Å². The Morgan fingerprint density at radius 3 is 3.00 bits per heavy atom. The summed E-state index contributed by atoms with van der Waals surface area (Å²) in [5.41, 5.74) is 0.831. The summed E-state index contributed by atoms with van der Waals surface area (Å²) in [6, 6.07) is 3.45. The van der Waals surface area contributed by atoms with Crippen molar-refractivity contribution in [2.24, 2.45) is 5.92 Å². The highest BCUT2D eigenvalue weighted by molar-refractivity contribution is 5.94. The molecule has 1 aromatic heterocycles.